The van der Waals surface area contributed by atoms with Gasteiger partial charge in [0.1, 0.15) is 0 Å². The van der Waals surface area contributed by atoms with Gasteiger partial charge in [0.2, 0.25) is 5.91 Å². The summed E-state index contributed by atoms with van der Waals surface area (Å²) in [5, 5.41) is 3.22. The molecule has 1 aliphatic heterocycles. The molecule has 1 heterocycles. The number of benzene rings is 1. The number of nitrogens with zero attached hydrogens (tertiary/aromatic N) is 1. The fourth-order valence-electron chi connectivity index (χ4n) is 2.15. The number of likely N-dealkylation sites (N-methyl/N-ethyl adjacent to an activating group) is 1. The molecule has 1 aliphatic rings. The Bertz CT molecular complexity index is 498. The molecule has 3 N–H and O–H groups in total. The SMILES string of the molecule is CN(CC1CNCCO1)C(=O)c1cccc(C(N)=O)c1. The normalized spacial score (nSPS) is 18.6. The summed E-state index contributed by atoms with van der Waals surface area (Å²) in [4.78, 5) is 25.0. The molecule has 2 amide bonds. The molecule has 1 atom stereocenters. The fraction of sp³-hybridized carbons (Fsp3) is 0.429. The molecule has 108 valence electrons. The van der Waals surface area contributed by atoms with Gasteiger partial charge in [0.25, 0.3) is 5.91 Å². The predicted octanol–water partition coefficient (Wildman–Crippen LogP) is -0.154. The van der Waals surface area contributed by atoms with Crippen LogP contribution in [-0.2, 0) is 4.74 Å². The number of carbonyl (C=O) groups excluding carboxylic acids is 2. The maximum Gasteiger partial charge on any atom is 0.253 e. The van der Waals surface area contributed by atoms with E-state index in [2.05, 4.69) is 5.32 Å². The highest BCUT2D eigenvalue weighted by Gasteiger charge is 2.19. The molecule has 0 aromatic heterocycles. The van der Waals surface area contributed by atoms with Crippen LogP contribution in [0.25, 0.3) is 0 Å². The van der Waals surface area contributed by atoms with Crippen LogP contribution in [0.1, 0.15) is 20.7 Å². The van der Waals surface area contributed by atoms with Gasteiger partial charge in [0, 0.05) is 37.8 Å². The van der Waals surface area contributed by atoms with Crippen molar-refractivity contribution in [1.29, 1.82) is 0 Å². The van der Waals surface area contributed by atoms with Crippen molar-refractivity contribution in [3.05, 3.63) is 35.4 Å². The van der Waals surface area contributed by atoms with E-state index in [9.17, 15) is 9.59 Å². The van der Waals surface area contributed by atoms with Gasteiger partial charge < -0.3 is 20.7 Å². The molecule has 0 bridgehead atoms. The molecule has 2 rings (SSSR count). The lowest BCUT2D eigenvalue weighted by molar-refractivity contribution is 0.0104. The Morgan fingerprint density at radius 1 is 1.45 bits per heavy atom. The minimum atomic E-state index is -0.540. The van der Waals surface area contributed by atoms with Gasteiger partial charge in [-0.3, -0.25) is 9.59 Å². The van der Waals surface area contributed by atoms with Crippen LogP contribution in [0.4, 0.5) is 0 Å². The maximum absolute atomic E-state index is 12.3. The molecule has 20 heavy (non-hydrogen) atoms. The van der Waals surface area contributed by atoms with E-state index in [1.165, 1.54) is 6.07 Å². The molecule has 6 nitrogen and oxygen atoms in total. The van der Waals surface area contributed by atoms with E-state index < -0.39 is 5.91 Å². The van der Waals surface area contributed by atoms with Gasteiger partial charge in [0.05, 0.1) is 12.7 Å². The van der Waals surface area contributed by atoms with E-state index in [1.54, 1.807) is 30.1 Å². The second kappa shape index (κ2) is 6.49. The number of carbonyl (C=O) groups is 2. The standard InChI is InChI=1S/C14H19N3O3/c1-17(9-12-8-16-5-6-20-12)14(19)11-4-2-3-10(7-11)13(15)18/h2-4,7,12,16H,5-6,8-9H2,1H3,(H2,15,18). The number of nitrogens with two attached hydrogens (primary N) is 1. The van der Waals surface area contributed by atoms with Crippen LogP contribution in [0.3, 0.4) is 0 Å². The van der Waals surface area contributed by atoms with Crippen LogP contribution >= 0.6 is 0 Å². The Hall–Kier alpha value is -1.92. The Labute approximate surface area is 117 Å². The van der Waals surface area contributed by atoms with Gasteiger partial charge in [-0.25, -0.2) is 0 Å². The topological polar surface area (TPSA) is 84.7 Å². The molecule has 0 spiro atoms. The first-order valence-electron chi connectivity index (χ1n) is 6.55. The van der Waals surface area contributed by atoms with E-state index in [-0.39, 0.29) is 12.0 Å². The lowest BCUT2D eigenvalue weighted by Gasteiger charge is -2.28. The van der Waals surface area contributed by atoms with Crippen molar-refractivity contribution in [3.63, 3.8) is 0 Å². The van der Waals surface area contributed by atoms with Crippen molar-refractivity contribution in [2.45, 2.75) is 6.10 Å². The third-order valence-corrected chi connectivity index (χ3v) is 3.22. The summed E-state index contributed by atoms with van der Waals surface area (Å²) < 4.78 is 5.57. The second-order valence-corrected chi connectivity index (χ2v) is 4.83. The third kappa shape index (κ3) is 3.55. The highest BCUT2D eigenvalue weighted by Crippen LogP contribution is 2.09. The van der Waals surface area contributed by atoms with Gasteiger partial charge in [-0.15, -0.1) is 0 Å². The van der Waals surface area contributed by atoms with Crippen molar-refractivity contribution in [2.24, 2.45) is 5.73 Å². The van der Waals surface area contributed by atoms with Crippen molar-refractivity contribution < 1.29 is 14.3 Å². The third-order valence-electron chi connectivity index (χ3n) is 3.22. The van der Waals surface area contributed by atoms with E-state index in [4.69, 9.17) is 10.5 Å². The molecule has 0 aliphatic carbocycles. The van der Waals surface area contributed by atoms with E-state index in [1.807, 2.05) is 0 Å². The first kappa shape index (κ1) is 14.5. The Kier molecular flexibility index (Phi) is 4.70. The van der Waals surface area contributed by atoms with Gasteiger partial charge in [-0.2, -0.15) is 0 Å². The van der Waals surface area contributed by atoms with Gasteiger partial charge >= 0.3 is 0 Å². The van der Waals surface area contributed by atoms with Gasteiger partial charge in [-0.05, 0) is 18.2 Å². The molecule has 0 radical (unpaired) electrons. The lowest BCUT2D eigenvalue weighted by Crippen LogP contribution is -2.45. The molecule has 1 aromatic carbocycles. The number of hydrogen-bond donors (Lipinski definition) is 2. The van der Waals surface area contributed by atoms with E-state index in [0.29, 0.717) is 24.3 Å². The molecular weight excluding hydrogens is 258 g/mol. The fourth-order valence-corrected chi connectivity index (χ4v) is 2.15. The van der Waals surface area contributed by atoms with E-state index >= 15 is 0 Å². The van der Waals surface area contributed by atoms with Crippen LogP contribution < -0.4 is 11.1 Å². The summed E-state index contributed by atoms with van der Waals surface area (Å²) in [6, 6.07) is 6.43. The van der Waals surface area contributed by atoms with Crippen LogP contribution in [0.15, 0.2) is 24.3 Å². The molecule has 6 heteroatoms. The minimum absolute atomic E-state index is 0.00276. The zero-order chi connectivity index (χ0) is 14.5. The smallest absolute Gasteiger partial charge is 0.253 e. The summed E-state index contributed by atoms with van der Waals surface area (Å²) >= 11 is 0. The number of primary amides is 1. The Morgan fingerprint density at radius 3 is 2.85 bits per heavy atom. The minimum Gasteiger partial charge on any atom is -0.374 e. The molecule has 1 aromatic rings. The number of ether oxygens (including phenoxy) is 1. The van der Waals surface area contributed by atoms with Crippen molar-refractivity contribution in [1.82, 2.24) is 10.2 Å². The van der Waals surface area contributed by atoms with Gasteiger partial charge in [0.15, 0.2) is 0 Å². The molecular formula is C14H19N3O3. The Morgan fingerprint density at radius 2 is 2.20 bits per heavy atom. The highest BCUT2D eigenvalue weighted by atomic mass is 16.5. The van der Waals surface area contributed by atoms with Crippen LogP contribution in [0.5, 0.6) is 0 Å². The number of nitrogens with one attached hydrogen (secondary N) is 1. The lowest BCUT2D eigenvalue weighted by atomic mass is 10.1. The zero-order valence-corrected chi connectivity index (χ0v) is 11.5. The predicted molar refractivity (Wildman–Crippen MR) is 74.5 cm³/mol. The molecule has 1 fully saturated rings. The first-order valence-corrected chi connectivity index (χ1v) is 6.55. The van der Waals surface area contributed by atoms with Crippen LogP contribution in [0.2, 0.25) is 0 Å². The summed E-state index contributed by atoms with van der Waals surface area (Å²) in [5.41, 5.74) is 6.00. The van der Waals surface area contributed by atoms with Crippen LogP contribution in [-0.4, -0.2) is 56.1 Å². The van der Waals surface area contributed by atoms with E-state index in [0.717, 1.165) is 13.1 Å². The number of rotatable bonds is 4. The first-order chi connectivity index (χ1) is 9.58. The molecule has 1 saturated heterocycles. The molecule has 0 saturated carbocycles. The molecule has 1 unspecified atom stereocenters. The summed E-state index contributed by atoms with van der Waals surface area (Å²) in [7, 11) is 1.72. The summed E-state index contributed by atoms with van der Waals surface area (Å²) in [5.74, 6) is -0.690. The average molecular weight is 277 g/mol. The highest BCUT2D eigenvalue weighted by molar-refractivity contribution is 5.98. The maximum atomic E-state index is 12.3. The average Bonchev–Trinajstić information content (AvgIpc) is 2.47. The van der Waals surface area contributed by atoms with Crippen molar-refractivity contribution in [2.75, 3.05) is 33.3 Å². The number of morpholine rings is 1. The van der Waals surface area contributed by atoms with Crippen LogP contribution in [0, 0.1) is 0 Å². The monoisotopic (exact) mass is 277 g/mol. The Balaban J connectivity index is 2.02. The summed E-state index contributed by atoms with van der Waals surface area (Å²) in [6.07, 6.45) is -0.00276. The largest absolute Gasteiger partial charge is 0.374 e. The number of hydrogen-bond acceptors (Lipinski definition) is 4. The zero-order valence-electron chi connectivity index (χ0n) is 11.5. The summed E-state index contributed by atoms with van der Waals surface area (Å²) in [6.45, 7) is 2.74. The number of amides is 2. The quantitative estimate of drug-likeness (QED) is 0.801. The van der Waals surface area contributed by atoms with Crippen molar-refractivity contribution >= 4 is 11.8 Å². The second-order valence-electron chi connectivity index (χ2n) is 4.83. The van der Waals surface area contributed by atoms with Crippen molar-refractivity contribution in [3.8, 4) is 0 Å². The van der Waals surface area contributed by atoms with Gasteiger partial charge in [-0.1, -0.05) is 6.07 Å².